The van der Waals surface area contributed by atoms with Crippen molar-refractivity contribution < 1.29 is 56.7 Å². The second kappa shape index (κ2) is 19.5. The van der Waals surface area contributed by atoms with E-state index in [4.69, 9.17) is 34.7 Å². The van der Waals surface area contributed by atoms with Gasteiger partial charge in [0.2, 0.25) is 5.60 Å². The molecule has 2 saturated heterocycles. The Bertz CT molecular complexity index is 2470. The van der Waals surface area contributed by atoms with Gasteiger partial charge in [0.1, 0.15) is 54.5 Å². The first-order valence-corrected chi connectivity index (χ1v) is 21.7. The Hall–Kier alpha value is -5.49. The van der Waals surface area contributed by atoms with Gasteiger partial charge >= 0.3 is 13.7 Å². The topological polar surface area (TPSA) is 263 Å². The molecular formula is C42H51F2N8O10P. The first-order chi connectivity index (χ1) is 30.1. The molecule has 2 fully saturated rings. The number of benzene rings is 1. The zero-order valence-corrected chi connectivity index (χ0v) is 35.6. The Balaban J connectivity index is 0.000000261. The fourth-order valence-electron chi connectivity index (χ4n) is 7.22. The predicted molar refractivity (Wildman–Crippen MR) is 225 cm³/mol. The number of alkyl halides is 2. The summed E-state index contributed by atoms with van der Waals surface area (Å²) in [5.41, 5.74) is 10.6. The summed E-state index contributed by atoms with van der Waals surface area (Å²) in [6.07, 6.45) is -3.99. The number of nitriles is 1. The number of hydrogen-bond donors (Lipinski definition) is 6. The fourth-order valence-corrected chi connectivity index (χ4v) is 8.74. The smallest absolute Gasteiger partial charge is 0.459 e. The molecule has 10 atom stereocenters. The fraction of sp³-hybridized carbons (Fsp3) is 0.429. The van der Waals surface area contributed by atoms with E-state index in [9.17, 15) is 34.3 Å². The van der Waals surface area contributed by atoms with Gasteiger partial charge in [0, 0.05) is 12.4 Å². The van der Waals surface area contributed by atoms with Crippen LogP contribution in [-0.2, 0) is 28.1 Å². The van der Waals surface area contributed by atoms with E-state index in [1.165, 1.54) is 52.6 Å². The van der Waals surface area contributed by atoms with Crippen molar-refractivity contribution in [1.29, 1.82) is 5.26 Å². The third kappa shape index (κ3) is 9.42. The van der Waals surface area contributed by atoms with E-state index in [0.717, 1.165) is 12.8 Å². The number of fused-ring (bicyclic) bond motifs is 2. The minimum Gasteiger partial charge on any atom is -0.464 e. The third-order valence-electron chi connectivity index (χ3n) is 11.2. The van der Waals surface area contributed by atoms with Crippen molar-refractivity contribution in [1.82, 2.24) is 24.3 Å². The molecule has 0 spiro atoms. The number of nitrogens with one attached hydrogen (secondary N) is 1. The molecule has 8 N–H and O–H groups in total. The van der Waals surface area contributed by atoms with Crippen molar-refractivity contribution in [2.45, 2.75) is 87.6 Å². The number of hydrogen-bond acceptors (Lipinski definition) is 15. The summed E-state index contributed by atoms with van der Waals surface area (Å²) in [6, 6.07) is 18.3. The normalized spacial score (nSPS) is 27.0. The molecule has 4 aromatic heterocycles. The molecule has 21 heteroatoms. The summed E-state index contributed by atoms with van der Waals surface area (Å²) < 4.78 is 74.7. The lowest BCUT2D eigenvalue weighted by Gasteiger charge is -2.28. The quantitative estimate of drug-likeness (QED) is 0.0445. The van der Waals surface area contributed by atoms with E-state index in [1.807, 2.05) is 13.8 Å². The number of nitrogen functional groups attached to an aromatic ring is 2. The molecule has 6 heterocycles. The Kier molecular flexibility index (Phi) is 14.5. The molecule has 2 aliphatic heterocycles. The van der Waals surface area contributed by atoms with Gasteiger partial charge in [0.25, 0.3) is 0 Å². The van der Waals surface area contributed by atoms with Crippen LogP contribution >= 0.6 is 7.75 Å². The number of aliphatic hydroxyl groups is 3. The van der Waals surface area contributed by atoms with Gasteiger partial charge in [-0.25, -0.2) is 22.4 Å². The molecule has 5 aromatic rings. The highest BCUT2D eigenvalue weighted by Crippen LogP contribution is 2.49. The monoisotopic (exact) mass is 896 g/mol. The average molecular weight is 897 g/mol. The second-order valence-electron chi connectivity index (χ2n) is 15.2. The zero-order valence-electron chi connectivity index (χ0n) is 34.7. The van der Waals surface area contributed by atoms with E-state index in [0.29, 0.717) is 28.1 Å². The van der Waals surface area contributed by atoms with Gasteiger partial charge in [-0.05, 0) is 61.4 Å². The number of nitrogens with zero attached hydrogens (tertiary/aromatic N) is 5. The zero-order chi connectivity index (χ0) is 45.7. The first-order valence-electron chi connectivity index (χ1n) is 20.1. The molecule has 2 aliphatic rings. The SMILES string of the molecule is C=C[C@]1(CO)O[C@@H](c2ccc3c(N)ccnn23)[C@H](F)[C@@H]1O.CCC(CC)COC(=O)[C@H](C)NP(=O)(OC[C@@]1(C#N)O[C@@H](c2ccc3c(N)ccnn23)[C@H](F)[C@@H]1O)Oc1ccccc1. The van der Waals surface area contributed by atoms with Crippen LogP contribution in [0.25, 0.3) is 11.0 Å². The number of halogens is 2. The number of anilines is 2. The standard InChI is InChI=1S/C28H35FN5O7P.C14H16FN3O3/c1-4-19(5-2)15-38-27(36)18(3)33-42(37,41-20-9-7-6-8-10-20)39-17-28(16-30)26(35)24(29)25(40-28)23-12-11-22-21(31)13-14-32-34(22)23;1-2-14(7-19)13(20)11(15)12(21-14)10-4-3-9-8(16)5-6-17-18(9)10/h6-14,18-19,24-26,35H,4-5,15,17,31H2,1-3H3,(H,33,37);2-6,11-13,19-20H,1,7,16H2/t18-,24-,25-,26-,28+,42?;11-,12-,13-,14+/m00/s1. The Morgan fingerprint density at radius 2 is 1.52 bits per heavy atom. The maximum Gasteiger partial charge on any atom is 0.459 e. The Labute approximate surface area is 361 Å². The second-order valence-corrected chi connectivity index (χ2v) is 16.9. The van der Waals surface area contributed by atoms with Crippen LogP contribution in [0.2, 0.25) is 0 Å². The molecule has 0 saturated carbocycles. The van der Waals surface area contributed by atoms with Crippen LogP contribution in [-0.4, -0.2) is 102 Å². The summed E-state index contributed by atoms with van der Waals surface area (Å²) in [7, 11) is -4.44. The van der Waals surface area contributed by atoms with Gasteiger partial charge in [-0.2, -0.15) is 20.5 Å². The van der Waals surface area contributed by atoms with Gasteiger partial charge < -0.3 is 45.5 Å². The van der Waals surface area contributed by atoms with Gasteiger partial charge in [-0.3, -0.25) is 9.32 Å². The van der Waals surface area contributed by atoms with Gasteiger partial charge in [-0.15, -0.1) is 6.58 Å². The molecule has 0 amide bonds. The molecule has 0 radical (unpaired) electrons. The van der Waals surface area contributed by atoms with Crippen LogP contribution in [0.3, 0.4) is 0 Å². The van der Waals surface area contributed by atoms with Crippen molar-refractivity contribution in [2.75, 3.05) is 31.3 Å². The van der Waals surface area contributed by atoms with E-state index < -0.39 is 80.9 Å². The summed E-state index contributed by atoms with van der Waals surface area (Å²) in [4.78, 5) is 12.7. The minimum absolute atomic E-state index is 0.134. The lowest BCUT2D eigenvalue weighted by molar-refractivity contribution is -0.146. The maximum atomic E-state index is 15.5. The largest absolute Gasteiger partial charge is 0.464 e. The first kappa shape index (κ1) is 47.0. The van der Waals surface area contributed by atoms with Crippen molar-refractivity contribution in [2.24, 2.45) is 5.92 Å². The van der Waals surface area contributed by atoms with E-state index in [2.05, 4.69) is 21.9 Å². The Morgan fingerprint density at radius 1 is 0.968 bits per heavy atom. The van der Waals surface area contributed by atoms with Crippen molar-refractivity contribution in [3.05, 3.63) is 103 Å². The van der Waals surface area contributed by atoms with Crippen LogP contribution in [0.15, 0.2) is 91.8 Å². The van der Waals surface area contributed by atoms with Crippen LogP contribution in [0, 0.1) is 17.2 Å². The van der Waals surface area contributed by atoms with Gasteiger partial charge in [0.05, 0.1) is 47.0 Å². The number of nitrogens with two attached hydrogens (primary N) is 2. The molecule has 338 valence electrons. The number of carbonyl (C=O) groups excluding carboxylic acids is 1. The molecule has 0 bridgehead atoms. The average Bonchev–Trinajstić information content (AvgIpc) is 4.04. The third-order valence-corrected chi connectivity index (χ3v) is 12.8. The number of carbonyl (C=O) groups is 1. The van der Waals surface area contributed by atoms with Crippen LogP contribution in [0.1, 0.15) is 57.2 Å². The van der Waals surface area contributed by atoms with E-state index in [-0.39, 0.29) is 24.0 Å². The van der Waals surface area contributed by atoms with E-state index >= 15 is 4.39 Å². The van der Waals surface area contributed by atoms with Crippen molar-refractivity contribution >= 4 is 36.1 Å². The molecule has 0 aliphatic carbocycles. The lowest BCUT2D eigenvalue weighted by Crippen LogP contribution is -2.45. The molecular weight excluding hydrogens is 845 g/mol. The van der Waals surface area contributed by atoms with Gasteiger partial charge in [-0.1, -0.05) is 51.0 Å². The highest BCUT2D eigenvalue weighted by molar-refractivity contribution is 7.52. The van der Waals surface area contributed by atoms with Crippen LogP contribution in [0.4, 0.5) is 20.2 Å². The summed E-state index contributed by atoms with van der Waals surface area (Å²) in [6.45, 7) is 7.66. The predicted octanol–water partition coefficient (Wildman–Crippen LogP) is 4.71. The molecule has 63 heavy (non-hydrogen) atoms. The number of para-hydroxylation sites is 1. The molecule has 7 rings (SSSR count). The van der Waals surface area contributed by atoms with Crippen molar-refractivity contribution in [3.63, 3.8) is 0 Å². The van der Waals surface area contributed by atoms with Gasteiger partial charge in [0.15, 0.2) is 12.3 Å². The van der Waals surface area contributed by atoms with Crippen LogP contribution < -0.4 is 21.1 Å². The Morgan fingerprint density at radius 3 is 2.03 bits per heavy atom. The van der Waals surface area contributed by atoms with Crippen LogP contribution in [0.5, 0.6) is 5.75 Å². The highest BCUT2D eigenvalue weighted by atomic mass is 31.2. The number of esters is 1. The number of aromatic nitrogens is 4. The summed E-state index contributed by atoms with van der Waals surface area (Å²) >= 11 is 0. The van der Waals surface area contributed by atoms with Crippen molar-refractivity contribution in [3.8, 4) is 11.8 Å². The van der Waals surface area contributed by atoms with E-state index in [1.54, 1.807) is 54.6 Å². The molecule has 18 nitrogen and oxygen atoms in total. The maximum absolute atomic E-state index is 15.5. The minimum atomic E-state index is -4.44. The summed E-state index contributed by atoms with van der Waals surface area (Å²) in [5.74, 6) is -0.382. The molecule has 1 unspecified atom stereocenters. The number of rotatable bonds is 16. The number of aliphatic hydroxyl groups excluding tert-OH is 3. The number of ether oxygens (including phenoxy) is 3. The summed E-state index contributed by atoms with van der Waals surface area (Å²) in [5, 5.41) is 51.2. The highest BCUT2D eigenvalue weighted by Gasteiger charge is 2.58. The molecule has 1 aromatic carbocycles. The lowest BCUT2D eigenvalue weighted by atomic mass is 9.96.